The molecular formula is C14H22ClN3O. The van der Waals surface area contributed by atoms with Gasteiger partial charge in [0.05, 0.1) is 16.8 Å². The first-order chi connectivity index (χ1) is 9.24. The fraction of sp³-hybridized carbons (Fsp3) is 0.643. The van der Waals surface area contributed by atoms with E-state index in [1.165, 1.54) is 0 Å². The molecule has 0 saturated carbocycles. The summed E-state index contributed by atoms with van der Waals surface area (Å²) >= 11 is 6.19. The van der Waals surface area contributed by atoms with Crippen molar-refractivity contribution in [3.05, 3.63) is 22.8 Å². The number of rotatable bonds is 6. The first kappa shape index (κ1) is 14.6. The highest BCUT2D eigenvalue weighted by Gasteiger charge is 2.23. The Morgan fingerprint density at radius 3 is 3.05 bits per heavy atom. The summed E-state index contributed by atoms with van der Waals surface area (Å²) in [6.45, 7) is 5.76. The number of hydrogen-bond acceptors (Lipinski definition) is 4. The average Bonchev–Trinajstić information content (AvgIpc) is 2.90. The van der Waals surface area contributed by atoms with Crippen LogP contribution in [0.15, 0.2) is 12.1 Å². The molecule has 0 radical (unpaired) electrons. The second-order valence-corrected chi connectivity index (χ2v) is 5.27. The largest absolute Gasteiger partial charge is 0.380 e. The van der Waals surface area contributed by atoms with E-state index in [9.17, 15) is 0 Å². The zero-order valence-electron chi connectivity index (χ0n) is 11.7. The third-order valence-electron chi connectivity index (χ3n) is 3.43. The zero-order chi connectivity index (χ0) is 13.7. The van der Waals surface area contributed by atoms with E-state index >= 15 is 0 Å². The van der Waals surface area contributed by atoms with Gasteiger partial charge in [-0.05, 0) is 31.5 Å². The van der Waals surface area contributed by atoms with E-state index in [-0.39, 0.29) is 0 Å². The topological polar surface area (TPSA) is 37.4 Å². The Balaban J connectivity index is 2.03. The number of ether oxygens (including phenoxy) is 1. The number of aromatic nitrogens is 1. The third-order valence-corrected chi connectivity index (χ3v) is 3.77. The van der Waals surface area contributed by atoms with Gasteiger partial charge in [0.25, 0.3) is 0 Å². The van der Waals surface area contributed by atoms with Gasteiger partial charge in [-0.15, -0.1) is 0 Å². The molecule has 2 rings (SSSR count). The predicted octanol–water partition coefficient (Wildman–Crippen LogP) is 2.46. The quantitative estimate of drug-likeness (QED) is 0.814. The molecule has 1 saturated heterocycles. The molecule has 0 aliphatic carbocycles. The van der Waals surface area contributed by atoms with Gasteiger partial charge in [-0.3, -0.25) is 0 Å². The summed E-state index contributed by atoms with van der Waals surface area (Å²) < 4.78 is 5.39. The predicted molar refractivity (Wildman–Crippen MR) is 78.9 cm³/mol. The molecule has 1 N–H and O–H groups in total. The molecule has 4 nitrogen and oxygen atoms in total. The van der Waals surface area contributed by atoms with Gasteiger partial charge >= 0.3 is 0 Å². The first-order valence-corrected chi connectivity index (χ1v) is 7.26. The molecular weight excluding hydrogens is 262 g/mol. The molecule has 0 amide bonds. The molecule has 1 aromatic heterocycles. The van der Waals surface area contributed by atoms with E-state index in [1.807, 2.05) is 12.1 Å². The smallest absolute Gasteiger partial charge is 0.129 e. The Morgan fingerprint density at radius 2 is 2.37 bits per heavy atom. The first-order valence-electron chi connectivity index (χ1n) is 6.88. The van der Waals surface area contributed by atoms with E-state index < -0.39 is 0 Å². The average molecular weight is 284 g/mol. The molecule has 2 heterocycles. The van der Waals surface area contributed by atoms with Crippen molar-refractivity contribution in [2.75, 3.05) is 31.6 Å². The zero-order valence-corrected chi connectivity index (χ0v) is 12.4. The van der Waals surface area contributed by atoms with Crippen molar-refractivity contribution in [2.24, 2.45) is 0 Å². The summed E-state index contributed by atoms with van der Waals surface area (Å²) in [7, 11) is 1.77. The number of pyridine rings is 1. The van der Waals surface area contributed by atoms with Crippen LogP contribution >= 0.6 is 11.6 Å². The fourth-order valence-corrected chi connectivity index (χ4v) is 2.46. The summed E-state index contributed by atoms with van der Waals surface area (Å²) in [6.07, 6.45) is 2.49. The van der Waals surface area contributed by atoms with Crippen LogP contribution in [-0.2, 0) is 11.3 Å². The molecule has 1 atom stereocenters. The highest BCUT2D eigenvalue weighted by molar-refractivity contribution is 6.31. The van der Waals surface area contributed by atoms with Crippen molar-refractivity contribution in [2.45, 2.75) is 32.4 Å². The Hall–Kier alpha value is -0.840. The van der Waals surface area contributed by atoms with Gasteiger partial charge in [0.2, 0.25) is 0 Å². The number of nitrogens with one attached hydrogen (secondary N) is 1. The SMILES string of the molecule is CCCNCc1nc(N2CCC(OC)C2)ccc1Cl. The Labute approximate surface area is 120 Å². The highest BCUT2D eigenvalue weighted by atomic mass is 35.5. The number of anilines is 1. The van der Waals surface area contributed by atoms with Crippen molar-refractivity contribution in [1.29, 1.82) is 0 Å². The van der Waals surface area contributed by atoms with Crippen LogP contribution in [-0.4, -0.2) is 37.8 Å². The lowest BCUT2D eigenvalue weighted by molar-refractivity contribution is 0.121. The molecule has 1 unspecified atom stereocenters. The second-order valence-electron chi connectivity index (χ2n) is 4.87. The Bertz CT molecular complexity index is 414. The maximum absolute atomic E-state index is 6.19. The monoisotopic (exact) mass is 283 g/mol. The van der Waals surface area contributed by atoms with Crippen molar-refractivity contribution < 1.29 is 4.74 Å². The van der Waals surface area contributed by atoms with Gasteiger partial charge in [-0.25, -0.2) is 4.98 Å². The van der Waals surface area contributed by atoms with E-state index in [0.717, 1.165) is 55.6 Å². The van der Waals surface area contributed by atoms with Gasteiger partial charge in [0, 0.05) is 26.7 Å². The van der Waals surface area contributed by atoms with Gasteiger partial charge in [-0.1, -0.05) is 18.5 Å². The van der Waals surface area contributed by atoms with Crippen molar-refractivity contribution in [3.8, 4) is 0 Å². The molecule has 1 aliphatic rings. The lowest BCUT2D eigenvalue weighted by Gasteiger charge is -2.18. The number of nitrogens with zero attached hydrogens (tertiary/aromatic N) is 2. The van der Waals surface area contributed by atoms with Crippen LogP contribution in [0.5, 0.6) is 0 Å². The molecule has 0 aromatic carbocycles. The van der Waals surface area contributed by atoms with Crippen LogP contribution in [0.2, 0.25) is 5.02 Å². The van der Waals surface area contributed by atoms with Gasteiger partial charge in [-0.2, -0.15) is 0 Å². The Kier molecular flexibility index (Phi) is 5.43. The summed E-state index contributed by atoms with van der Waals surface area (Å²) in [5.41, 5.74) is 0.925. The van der Waals surface area contributed by atoms with E-state index in [0.29, 0.717) is 6.10 Å². The maximum Gasteiger partial charge on any atom is 0.129 e. The highest BCUT2D eigenvalue weighted by Crippen LogP contribution is 2.23. The van der Waals surface area contributed by atoms with Gasteiger partial charge < -0.3 is 15.0 Å². The van der Waals surface area contributed by atoms with Crippen molar-refractivity contribution in [3.63, 3.8) is 0 Å². The molecule has 1 fully saturated rings. The van der Waals surface area contributed by atoms with Crippen LogP contribution in [0.1, 0.15) is 25.5 Å². The maximum atomic E-state index is 6.19. The molecule has 0 bridgehead atoms. The molecule has 1 aliphatic heterocycles. The lowest BCUT2D eigenvalue weighted by Crippen LogP contribution is -2.24. The third kappa shape index (κ3) is 3.81. The molecule has 5 heteroatoms. The van der Waals surface area contributed by atoms with Gasteiger partial charge in [0.1, 0.15) is 5.82 Å². The summed E-state index contributed by atoms with van der Waals surface area (Å²) in [5.74, 6) is 0.997. The number of hydrogen-bond donors (Lipinski definition) is 1. The number of methoxy groups -OCH3 is 1. The van der Waals surface area contributed by atoms with E-state index in [1.54, 1.807) is 7.11 Å². The van der Waals surface area contributed by atoms with Crippen LogP contribution in [0.25, 0.3) is 0 Å². The van der Waals surface area contributed by atoms with Crippen LogP contribution in [0, 0.1) is 0 Å². The van der Waals surface area contributed by atoms with E-state index in [4.69, 9.17) is 16.3 Å². The minimum Gasteiger partial charge on any atom is -0.380 e. The van der Waals surface area contributed by atoms with Crippen molar-refractivity contribution >= 4 is 17.4 Å². The molecule has 19 heavy (non-hydrogen) atoms. The minimum absolute atomic E-state index is 0.319. The van der Waals surface area contributed by atoms with Gasteiger partial charge in [0.15, 0.2) is 0 Å². The fourth-order valence-electron chi connectivity index (χ4n) is 2.29. The Morgan fingerprint density at radius 1 is 1.53 bits per heavy atom. The summed E-state index contributed by atoms with van der Waals surface area (Å²) in [4.78, 5) is 6.93. The number of halogens is 1. The normalized spacial score (nSPS) is 19.1. The minimum atomic E-state index is 0.319. The second kappa shape index (κ2) is 7.08. The van der Waals surface area contributed by atoms with Crippen LogP contribution < -0.4 is 10.2 Å². The van der Waals surface area contributed by atoms with Crippen LogP contribution in [0.4, 0.5) is 5.82 Å². The standard InChI is InChI=1S/C14H22ClN3O/c1-3-7-16-9-13-12(15)4-5-14(17-13)18-8-6-11(10-18)19-2/h4-5,11,16H,3,6-10H2,1-2H3. The van der Waals surface area contributed by atoms with E-state index in [2.05, 4.69) is 22.1 Å². The summed E-state index contributed by atoms with van der Waals surface area (Å²) in [6, 6.07) is 3.93. The lowest BCUT2D eigenvalue weighted by atomic mass is 10.3. The summed E-state index contributed by atoms with van der Waals surface area (Å²) in [5, 5.41) is 4.07. The molecule has 106 valence electrons. The molecule has 1 aromatic rings. The molecule has 0 spiro atoms. The van der Waals surface area contributed by atoms with Crippen LogP contribution in [0.3, 0.4) is 0 Å². The van der Waals surface area contributed by atoms with Crippen molar-refractivity contribution in [1.82, 2.24) is 10.3 Å².